The molecule has 100 valence electrons. The van der Waals surface area contributed by atoms with Crippen LogP contribution in [0.1, 0.15) is 50.2 Å². The highest BCUT2D eigenvalue weighted by molar-refractivity contribution is 5.76. The van der Waals surface area contributed by atoms with Gasteiger partial charge in [0, 0.05) is 18.5 Å². The summed E-state index contributed by atoms with van der Waals surface area (Å²) in [5.41, 5.74) is 0.764. The molecule has 4 heteroatoms. The summed E-state index contributed by atoms with van der Waals surface area (Å²) >= 11 is 0. The van der Waals surface area contributed by atoms with Gasteiger partial charge in [0.05, 0.1) is 18.6 Å². The number of hydrogen-bond donors (Lipinski definition) is 2. The molecule has 1 fully saturated rings. The van der Waals surface area contributed by atoms with Crippen molar-refractivity contribution in [3.8, 4) is 0 Å². The first-order chi connectivity index (χ1) is 8.75. The summed E-state index contributed by atoms with van der Waals surface area (Å²) in [4.78, 5) is 11.7. The van der Waals surface area contributed by atoms with Gasteiger partial charge in [-0.25, -0.2) is 0 Å². The van der Waals surface area contributed by atoms with Gasteiger partial charge in [0.2, 0.25) is 5.91 Å². The molecule has 0 saturated heterocycles. The van der Waals surface area contributed by atoms with Crippen molar-refractivity contribution < 1.29 is 14.3 Å². The minimum absolute atomic E-state index is 0.112. The summed E-state index contributed by atoms with van der Waals surface area (Å²) in [6, 6.07) is 1.74. The highest BCUT2D eigenvalue weighted by Crippen LogP contribution is 2.27. The smallest absolute Gasteiger partial charge is 0.220 e. The monoisotopic (exact) mass is 251 g/mol. The maximum Gasteiger partial charge on any atom is 0.220 e. The second kappa shape index (κ2) is 6.59. The van der Waals surface area contributed by atoms with Crippen LogP contribution in [-0.4, -0.2) is 17.6 Å². The van der Waals surface area contributed by atoms with Crippen LogP contribution in [0.15, 0.2) is 23.0 Å². The molecule has 1 aliphatic rings. The first-order valence-corrected chi connectivity index (χ1v) is 6.72. The van der Waals surface area contributed by atoms with E-state index in [1.165, 1.54) is 38.2 Å². The van der Waals surface area contributed by atoms with E-state index in [2.05, 4.69) is 5.32 Å². The van der Waals surface area contributed by atoms with Crippen molar-refractivity contribution in [2.75, 3.05) is 6.54 Å². The summed E-state index contributed by atoms with van der Waals surface area (Å²) in [6.45, 7) is 0.512. The molecule has 1 saturated carbocycles. The Balaban J connectivity index is 1.61. The van der Waals surface area contributed by atoms with E-state index >= 15 is 0 Å². The maximum absolute atomic E-state index is 11.7. The number of rotatable bonds is 6. The van der Waals surface area contributed by atoms with Crippen LogP contribution in [0.4, 0.5) is 0 Å². The van der Waals surface area contributed by atoms with E-state index in [0.717, 1.165) is 5.56 Å². The highest BCUT2D eigenvalue weighted by atomic mass is 16.3. The van der Waals surface area contributed by atoms with Crippen molar-refractivity contribution in [3.63, 3.8) is 0 Å². The Hall–Kier alpha value is -1.29. The lowest BCUT2D eigenvalue weighted by atomic mass is 10.0. The number of hydrogen-bond acceptors (Lipinski definition) is 3. The average Bonchev–Trinajstić information content (AvgIpc) is 3.00. The zero-order chi connectivity index (χ0) is 12.8. The fourth-order valence-electron chi connectivity index (χ4n) is 2.53. The van der Waals surface area contributed by atoms with E-state index in [4.69, 9.17) is 4.42 Å². The van der Waals surface area contributed by atoms with E-state index in [1.807, 2.05) is 0 Å². The van der Waals surface area contributed by atoms with Crippen molar-refractivity contribution in [3.05, 3.63) is 24.2 Å². The molecule has 1 heterocycles. The lowest BCUT2D eigenvalue weighted by Crippen LogP contribution is -2.27. The molecule has 0 radical (unpaired) electrons. The minimum Gasteiger partial charge on any atom is -0.472 e. The van der Waals surface area contributed by atoms with Crippen LogP contribution in [0.25, 0.3) is 0 Å². The third-order valence-electron chi connectivity index (χ3n) is 3.62. The van der Waals surface area contributed by atoms with E-state index in [0.29, 0.717) is 25.3 Å². The maximum atomic E-state index is 11.7. The fourth-order valence-corrected chi connectivity index (χ4v) is 2.53. The van der Waals surface area contributed by atoms with Crippen LogP contribution in [0.2, 0.25) is 0 Å². The molecule has 0 aliphatic heterocycles. The van der Waals surface area contributed by atoms with Gasteiger partial charge in [-0.3, -0.25) is 4.79 Å². The Morgan fingerprint density at radius 2 is 2.28 bits per heavy atom. The van der Waals surface area contributed by atoms with Gasteiger partial charge in [-0.1, -0.05) is 12.8 Å². The quantitative estimate of drug-likeness (QED) is 0.816. The largest absolute Gasteiger partial charge is 0.472 e. The minimum atomic E-state index is -0.560. The molecule has 1 aromatic rings. The number of aliphatic hydroxyl groups excluding tert-OH is 1. The van der Waals surface area contributed by atoms with Crippen LogP contribution in [0.5, 0.6) is 0 Å². The molecule has 2 N–H and O–H groups in total. The van der Waals surface area contributed by atoms with E-state index in [9.17, 15) is 9.90 Å². The second-order valence-corrected chi connectivity index (χ2v) is 5.07. The Kier molecular flexibility index (Phi) is 4.81. The zero-order valence-electron chi connectivity index (χ0n) is 10.6. The third-order valence-corrected chi connectivity index (χ3v) is 3.62. The molecule has 1 unspecified atom stereocenters. The second-order valence-electron chi connectivity index (χ2n) is 5.07. The van der Waals surface area contributed by atoms with Crippen molar-refractivity contribution in [2.24, 2.45) is 5.92 Å². The Bertz CT molecular complexity index is 355. The van der Waals surface area contributed by atoms with Gasteiger partial charge in [0.25, 0.3) is 0 Å². The van der Waals surface area contributed by atoms with Gasteiger partial charge in [0.1, 0.15) is 0 Å². The zero-order valence-corrected chi connectivity index (χ0v) is 10.6. The van der Waals surface area contributed by atoms with E-state index < -0.39 is 6.10 Å². The molecular formula is C14H21NO3. The topological polar surface area (TPSA) is 62.5 Å². The molecule has 1 atom stereocenters. The van der Waals surface area contributed by atoms with Gasteiger partial charge in [-0.15, -0.1) is 0 Å². The summed E-state index contributed by atoms with van der Waals surface area (Å²) < 4.78 is 4.90. The molecule has 4 nitrogen and oxygen atoms in total. The fraction of sp³-hybridized carbons (Fsp3) is 0.643. The lowest BCUT2D eigenvalue weighted by molar-refractivity contribution is -0.122. The van der Waals surface area contributed by atoms with Crippen LogP contribution in [0.3, 0.4) is 0 Å². The first-order valence-electron chi connectivity index (χ1n) is 6.72. The van der Waals surface area contributed by atoms with Gasteiger partial charge < -0.3 is 14.8 Å². The van der Waals surface area contributed by atoms with Crippen LogP contribution < -0.4 is 5.32 Å². The molecule has 18 heavy (non-hydrogen) atoms. The highest BCUT2D eigenvalue weighted by Gasteiger charge is 2.18. The predicted octanol–water partition coefficient (Wildman–Crippen LogP) is 2.40. The lowest BCUT2D eigenvalue weighted by Gasteiger charge is -2.11. The van der Waals surface area contributed by atoms with Crippen molar-refractivity contribution >= 4 is 5.91 Å². The molecular weight excluding hydrogens is 230 g/mol. The number of carbonyl (C=O) groups excluding carboxylic acids is 1. The normalized spacial score (nSPS) is 17.8. The number of amides is 1. The average molecular weight is 251 g/mol. The number of aliphatic hydroxyl groups is 1. The molecule has 0 aromatic carbocycles. The summed E-state index contributed by atoms with van der Waals surface area (Å²) in [5, 5.41) is 12.7. The predicted molar refractivity (Wildman–Crippen MR) is 67.9 cm³/mol. The van der Waals surface area contributed by atoms with Crippen LogP contribution >= 0.6 is 0 Å². The third kappa shape index (κ3) is 3.88. The molecule has 0 spiro atoms. The van der Waals surface area contributed by atoms with E-state index in [-0.39, 0.29) is 5.91 Å². The van der Waals surface area contributed by atoms with Gasteiger partial charge in [0.15, 0.2) is 0 Å². The van der Waals surface area contributed by atoms with Gasteiger partial charge in [-0.05, 0) is 31.2 Å². The standard InChI is InChI=1S/C14H21NO3/c16-13(12-6-8-18-10-12)5-7-15-14(17)9-11-3-1-2-4-11/h6,8,10-11,13,16H,1-5,7,9H2,(H,15,17). The van der Waals surface area contributed by atoms with E-state index in [1.54, 1.807) is 6.07 Å². The Morgan fingerprint density at radius 3 is 2.94 bits per heavy atom. The summed E-state index contributed by atoms with van der Waals surface area (Å²) in [6.07, 6.45) is 8.57. The Morgan fingerprint density at radius 1 is 1.50 bits per heavy atom. The van der Waals surface area contributed by atoms with Crippen LogP contribution in [-0.2, 0) is 4.79 Å². The summed E-state index contributed by atoms with van der Waals surface area (Å²) in [7, 11) is 0. The SMILES string of the molecule is O=C(CC1CCCC1)NCCC(O)c1ccoc1. The molecule has 1 aromatic heterocycles. The number of furan rings is 1. The van der Waals surface area contributed by atoms with Gasteiger partial charge in [-0.2, -0.15) is 0 Å². The van der Waals surface area contributed by atoms with Crippen LogP contribution in [0, 0.1) is 5.92 Å². The summed E-state index contributed by atoms with van der Waals surface area (Å²) in [5.74, 6) is 0.685. The number of carbonyl (C=O) groups is 1. The first kappa shape index (κ1) is 13.1. The molecule has 0 bridgehead atoms. The molecule has 1 aliphatic carbocycles. The van der Waals surface area contributed by atoms with Crippen molar-refractivity contribution in [2.45, 2.75) is 44.6 Å². The Labute approximate surface area is 107 Å². The van der Waals surface area contributed by atoms with Gasteiger partial charge >= 0.3 is 0 Å². The van der Waals surface area contributed by atoms with Crippen molar-refractivity contribution in [1.82, 2.24) is 5.32 Å². The molecule has 1 amide bonds. The number of nitrogens with one attached hydrogen (secondary N) is 1. The molecule has 2 rings (SSSR count). The van der Waals surface area contributed by atoms with Crippen molar-refractivity contribution in [1.29, 1.82) is 0 Å².